The highest BCUT2D eigenvalue weighted by Gasteiger charge is 2.36. The van der Waals surface area contributed by atoms with E-state index in [4.69, 9.17) is 15.9 Å². The Morgan fingerprint density at radius 2 is 1.90 bits per heavy atom. The van der Waals surface area contributed by atoms with Crippen LogP contribution in [0.1, 0.15) is 53.4 Å². The lowest BCUT2D eigenvalue weighted by Crippen LogP contribution is -2.42. The molecule has 8 nitrogen and oxygen atoms in total. The fourth-order valence-corrected chi connectivity index (χ4v) is 4.84. The van der Waals surface area contributed by atoms with Gasteiger partial charge in [-0.05, 0) is 63.5 Å². The minimum absolute atomic E-state index is 0.0955. The van der Waals surface area contributed by atoms with Gasteiger partial charge in [0.25, 0.3) is 5.69 Å². The maximum atomic E-state index is 11.2. The number of carbonyl (C=O) groups is 1. The van der Waals surface area contributed by atoms with Crippen LogP contribution in [-0.2, 0) is 4.74 Å². The van der Waals surface area contributed by atoms with E-state index in [0.717, 1.165) is 43.8 Å². The lowest BCUT2D eigenvalue weighted by atomic mass is 9.75. The summed E-state index contributed by atoms with van der Waals surface area (Å²) in [4.78, 5) is 23.9. The summed E-state index contributed by atoms with van der Waals surface area (Å²) in [7, 11) is 0. The lowest BCUT2D eigenvalue weighted by Gasteiger charge is -2.38. The summed E-state index contributed by atoms with van der Waals surface area (Å²) < 4.78 is 5.34. The first-order valence-electron chi connectivity index (χ1n) is 10.6. The topological polar surface area (TPSA) is 123 Å². The van der Waals surface area contributed by atoms with E-state index in [0.29, 0.717) is 6.42 Å². The standard InChI is InChI=1S/C22H34N4O4/c1-5-19(22(3,4)30-21(24)27)15(2)14-20(23)16-10-12-25(13-11-16)17-6-8-18(9-7-17)26(28)29/h6-9,15-16,19,23H,5,10-14H2,1-4H3,(H2,24,27). The van der Waals surface area contributed by atoms with Gasteiger partial charge in [0.05, 0.1) is 4.92 Å². The van der Waals surface area contributed by atoms with Gasteiger partial charge in [0.1, 0.15) is 5.60 Å². The molecule has 0 aromatic heterocycles. The number of hydrogen-bond donors (Lipinski definition) is 2. The van der Waals surface area contributed by atoms with Crippen LogP contribution in [0, 0.1) is 33.3 Å². The molecular weight excluding hydrogens is 384 g/mol. The largest absolute Gasteiger partial charge is 0.443 e. The van der Waals surface area contributed by atoms with Crippen molar-refractivity contribution < 1.29 is 14.5 Å². The van der Waals surface area contributed by atoms with Gasteiger partial charge in [-0.25, -0.2) is 4.79 Å². The molecule has 1 saturated heterocycles. The van der Waals surface area contributed by atoms with E-state index in [1.807, 2.05) is 13.8 Å². The third-order valence-electron chi connectivity index (χ3n) is 6.34. The zero-order chi connectivity index (χ0) is 22.5. The number of nitrogens with zero attached hydrogens (tertiary/aromatic N) is 2. The van der Waals surface area contributed by atoms with E-state index in [9.17, 15) is 14.9 Å². The number of carbonyl (C=O) groups excluding carboxylic acids is 1. The molecule has 0 bridgehead atoms. The van der Waals surface area contributed by atoms with E-state index in [1.165, 1.54) is 12.1 Å². The van der Waals surface area contributed by atoms with Crippen molar-refractivity contribution in [1.29, 1.82) is 5.41 Å². The number of nitro benzene ring substituents is 1. The van der Waals surface area contributed by atoms with Crippen molar-refractivity contribution in [1.82, 2.24) is 0 Å². The summed E-state index contributed by atoms with van der Waals surface area (Å²) in [6.45, 7) is 9.60. The van der Waals surface area contributed by atoms with Crippen molar-refractivity contribution in [3.63, 3.8) is 0 Å². The molecule has 0 aliphatic carbocycles. The number of non-ortho nitro benzene ring substituents is 1. The lowest BCUT2D eigenvalue weighted by molar-refractivity contribution is -0.384. The molecule has 0 saturated carbocycles. The van der Waals surface area contributed by atoms with E-state index in [1.54, 1.807) is 12.1 Å². The van der Waals surface area contributed by atoms with Gasteiger partial charge in [0.2, 0.25) is 0 Å². The number of primary amides is 1. The highest BCUT2D eigenvalue weighted by atomic mass is 16.6. The Kier molecular flexibility index (Phi) is 7.81. The molecule has 1 fully saturated rings. The Bertz CT molecular complexity index is 755. The van der Waals surface area contributed by atoms with Gasteiger partial charge >= 0.3 is 6.09 Å². The van der Waals surface area contributed by atoms with Gasteiger partial charge in [-0.2, -0.15) is 0 Å². The average molecular weight is 419 g/mol. The highest BCUT2D eigenvalue weighted by molar-refractivity contribution is 5.84. The summed E-state index contributed by atoms with van der Waals surface area (Å²) >= 11 is 0. The number of nitro groups is 1. The second kappa shape index (κ2) is 9.91. The monoisotopic (exact) mass is 418 g/mol. The molecule has 1 aromatic carbocycles. The number of amides is 1. The minimum Gasteiger partial charge on any atom is -0.443 e. The van der Waals surface area contributed by atoms with Crippen LogP contribution in [0.5, 0.6) is 0 Å². The summed E-state index contributed by atoms with van der Waals surface area (Å²) in [5, 5.41) is 19.5. The Morgan fingerprint density at radius 3 is 2.37 bits per heavy atom. The molecule has 2 unspecified atom stereocenters. The van der Waals surface area contributed by atoms with E-state index >= 15 is 0 Å². The number of nitrogens with one attached hydrogen (secondary N) is 1. The molecule has 1 aliphatic rings. The Morgan fingerprint density at radius 1 is 1.33 bits per heavy atom. The Hall–Kier alpha value is -2.64. The number of ether oxygens (including phenoxy) is 1. The molecule has 166 valence electrons. The van der Waals surface area contributed by atoms with Crippen LogP contribution in [0.2, 0.25) is 0 Å². The average Bonchev–Trinajstić information content (AvgIpc) is 2.67. The van der Waals surface area contributed by atoms with Gasteiger partial charge in [0.15, 0.2) is 0 Å². The first-order chi connectivity index (χ1) is 14.0. The van der Waals surface area contributed by atoms with Crippen LogP contribution in [-0.4, -0.2) is 35.4 Å². The van der Waals surface area contributed by atoms with Crippen molar-refractivity contribution >= 4 is 23.2 Å². The van der Waals surface area contributed by atoms with Gasteiger partial charge in [-0.3, -0.25) is 10.1 Å². The molecule has 3 N–H and O–H groups in total. The number of benzene rings is 1. The highest BCUT2D eigenvalue weighted by Crippen LogP contribution is 2.35. The third-order valence-corrected chi connectivity index (χ3v) is 6.34. The summed E-state index contributed by atoms with van der Waals surface area (Å²) in [5.41, 5.74) is 6.39. The van der Waals surface area contributed by atoms with Gasteiger partial charge in [-0.1, -0.05) is 13.8 Å². The second-order valence-corrected chi connectivity index (χ2v) is 8.78. The number of nitrogens with two attached hydrogens (primary N) is 1. The van der Waals surface area contributed by atoms with Gasteiger partial charge in [0, 0.05) is 42.5 Å². The quantitative estimate of drug-likeness (QED) is 0.340. The number of hydrogen-bond acceptors (Lipinski definition) is 6. The second-order valence-electron chi connectivity index (χ2n) is 8.78. The van der Waals surface area contributed by atoms with E-state index in [-0.39, 0.29) is 23.4 Å². The molecule has 0 radical (unpaired) electrons. The van der Waals surface area contributed by atoms with Crippen LogP contribution in [0.15, 0.2) is 24.3 Å². The van der Waals surface area contributed by atoms with Crippen LogP contribution in [0.4, 0.5) is 16.2 Å². The summed E-state index contributed by atoms with van der Waals surface area (Å²) in [6, 6.07) is 6.65. The molecule has 2 rings (SSSR count). The van der Waals surface area contributed by atoms with Crippen LogP contribution in [0.3, 0.4) is 0 Å². The van der Waals surface area contributed by atoms with Crippen LogP contribution >= 0.6 is 0 Å². The number of anilines is 1. The minimum atomic E-state index is -0.764. The zero-order valence-corrected chi connectivity index (χ0v) is 18.4. The molecule has 1 heterocycles. The van der Waals surface area contributed by atoms with E-state index in [2.05, 4.69) is 18.7 Å². The molecular formula is C22H34N4O4. The normalized spacial score (nSPS) is 17.3. The summed E-state index contributed by atoms with van der Waals surface area (Å²) in [6.07, 6.45) is 2.53. The predicted molar refractivity (Wildman–Crippen MR) is 118 cm³/mol. The molecule has 1 amide bonds. The molecule has 0 spiro atoms. The van der Waals surface area contributed by atoms with Crippen LogP contribution in [0.25, 0.3) is 0 Å². The number of piperidine rings is 1. The van der Waals surface area contributed by atoms with Crippen LogP contribution < -0.4 is 10.6 Å². The van der Waals surface area contributed by atoms with Crippen molar-refractivity contribution in [2.24, 2.45) is 23.5 Å². The molecule has 1 aliphatic heterocycles. The molecule has 8 heteroatoms. The first kappa shape index (κ1) is 23.6. The van der Waals surface area contributed by atoms with Crippen molar-refractivity contribution in [3.05, 3.63) is 34.4 Å². The zero-order valence-electron chi connectivity index (χ0n) is 18.4. The predicted octanol–water partition coefficient (Wildman–Crippen LogP) is 4.76. The van der Waals surface area contributed by atoms with Gasteiger partial charge < -0.3 is 20.8 Å². The van der Waals surface area contributed by atoms with Crippen molar-refractivity contribution in [2.75, 3.05) is 18.0 Å². The Balaban J connectivity index is 1.91. The smallest absolute Gasteiger partial charge is 0.405 e. The first-order valence-corrected chi connectivity index (χ1v) is 10.6. The SMILES string of the molecule is CCC(C(C)CC(=N)C1CCN(c2ccc([N+](=O)[O-])cc2)CC1)C(C)(C)OC(N)=O. The fourth-order valence-electron chi connectivity index (χ4n) is 4.84. The summed E-state index contributed by atoms with van der Waals surface area (Å²) in [5.74, 6) is 0.550. The fraction of sp³-hybridized carbons (Fsp3) is 0.636. The molecule has 2 atom stereocenters. The molecule has 1 aromatic rings. The maximum absolute atomic E-state index is 11.2. The molecule has 30 heavy (non-hydrogen) atoms. The van der Waals surface area contributed by atoms with Crippen molar-refractivity contribution in [3.8, 4) is 0 Å². The number of rotatable bonds is 9. The van der Waals surface area contributed by atoms with E-state index < -0.39 is 16.6 Å². The Labute approximate surface area is 178 Å². The third kappa shape index (κ3) is 5.93. The van der Waals surface area contributed by atoms with Gasteiger partial charge in [-0.15, -0.1) is 0 Å². The maximum Gasteiger partial charge on any atom is 0.405 e. The van der Waals surface area contributed by atoms with Crippen molar-refractivity contribution in [2.45, 2.75) is 59.0 Å².